The first-order chi connectivity index (χ1) is 4.22. The Labute approximate surface area is 63.5 Å². The largest absolute Gasteiger partial charge is 0.355 e. The lowest BCUT2D eigenvalue weighted by atomic mass is 10.4. The highest BCUT2D eigenvalue weighted by Crippen LogP contribution is 2.04. The number of amides is 1. The van der Waals surface area contributed by atoms with Gasteiger partial charge < -0.3 is 5.32 Å². The summed E-state index contributed by atoms with van der Waals surface area (Å²) in [6.07, 6.45) is 2.69. The van der Waals surface area contributed by atoms with Crippen LogP contribution in [0.15, 0.2) is 10.6 Å². The van der Waals surface area contributed by atoms with Gasteiger partial charge in [-0.2, -0.15) is 0 Å². The van der Waals surface area contributed by atoms with Crippen molar-refractivity contribution in [3.63, 3.8) is 0 Å². The average Bonchev–Trinajstić information content (AvgIpc) is 1.87. The number of carbonyl (C=O) groups is 1. The van der Waals surface area contributed by atoms with Crippen LogP contribution in [0.3, 0.4) is 0 Å². The fourth-order valence-corrected chi connectivity index (χ4v) is 0.913. The van der Waals surface area contributed by atoms with Crippen LogP contribution < -0.4 is 5.32 Å². The van der Waals surface area contributed by atoms with Gasteiger partial charge >= 0.3 is 0 Å². The second kappa shape index (κ2) is 4.56. The lowest BCUT2D eigenvalue weighted by Crippen LogP contribution is -2.17. The Balaban J connectivity index is 3.86. The van der Waals surface area contributed by atoms with Gasteiger partial charge in [-0.3, -0.25) is 4.79 Å². The van der Waals surface area contributed by atoms with E-state index in [0.717, 1.165) is 6.42 Å². The van der Waals surface area contributed by atoms with E-state index in [4.69, 9.17) is 0 Å². The average molecular weight is 192 g/mol. The van der Waals surface area contributed by atoms with Crippen molar-refractivity contribution in [2.75, 3.05) is 7.05 Å². The highest BCUT2D eigenvalue weighted by molar-refractivity contribution is 9.12. The molecule has 2 nitrogen and oxygen atoms in total. The molecular formula is C6H10BrNO. The molecule has 3 heteroatoms. The van der Waals surface area contributed by atoms with E-state index in [1.807, 2.05) is 13.0 Å². The second-order valence-corrected chi connectivity index (χ2v) is 2.39. The molecular weight excluding hydrogens is 182 g/mol. The van der Waals surface area contributed by atoms with Crippen LogP contribution in [0.1, 0.15) is 13.3 Å². The van der Waals surface area contributed by atoms with Gasteiger partial charge in [0.2, 0.25) is 0 Å². The number of halogens is 1. The molecule has 0 saturated carbocycles. The van der Waals surface area contributed by atoms with Gasteiger partial charge in [-0.25, -0.2) is 0 Å². The molecule has 0 spiro atoms. The normalized spacial score (nSPS) is 11.2. The van der Waals surface area contributed by atoms with E-state index in [0.29, 0.717) is 4.48 Å². The van der Waals surface area contributed by atoms with E-state index in [9.17, 15) is 4.79 Å². The molecule has 0 aromatic carbocycles. The summed E-state index contributed by atoms with van der Waals surface area (Å²) in [5.41, 5.74) is 0. The third-order valence-electron chi connectivity index (χ3n) is 0.827. The highest BCUT2D eigenvalue weighted by Gasteiger charge is 1.98. The van der Waals surface area contributed by atoms with Crippen LogP contribution in [0.5, 0.6) is 0 Å². The lowest BCUT2D eigenvalue weighted by molar-refractivity contribution is -0.116. The maximum atomic E-state index is 10.7. The number of hydrogen-bond donors (Lipinski definition) is 1. The van der Waals surface area contributed by atoms with Gasteiger partial charge in [0.25, 0.3) is 5.91 Å². The summed E-state index contributed by atoms with van der Waals surface area (Å²) < 4.78 is 0.604. The Morgan fingerprint density at radius 2 is 2.33 bits per heavy atom. The molecule has 0 fully saturated rings. The van der Waals surface area contributed by atoms with Gasteiger partial charge in [0, 0.05) is 7.05 Å². The molecule has 0 aromatic heterocycles. The number of nitrogens with one attached hydrogen (secondary N) is 1. The molecule has 0 heterocycles. The van der Waals surface area contributed by atoms with Crippen molar-refractivity contribution in [3.05, 3.63) is 10.6 Å². The van der Waals surface area contributed by atoms with E-state index >= 15 is 0 Å². The molecule has 0 aliphatic rings. The predicted molar refractivity (Wildman–Crippen MR) is 41.4 cm³/mol. The first kappa shape index (κ1) is 8.69. The molecule has 0 aliphatic heterocycles. The Bertz CT molecular complexity index is 131. The number of hydrogen-bond acceptors (Lipinski definition) is 1. The molecule has 0 aliphatic carbocycles. The summed E-state index contributed by atoms with van der Waals surface area (Å²) in [4.78, 5) is 10.7. The topological polar surface area (TPSA) is 29.1 Å². The summed E-state index contributed by atoms with van der Waals surface area (Å²) in [6.45, 7) is 1.98. The van der Waals surface area contributed by atoms with Crippen LogP contribution in [0, 0.1) is 0 Å². The van der Waals surface area contributed by atoms with Crippen molar-refractivity contribution in [2.45, 2.75) is 13.3 Å². The Kier molecular flexibility index (Phi) is 4.40. The first-order valence-corrected chi connectivity index (χ1v) is 3.59. The van der Waals surface area contributed by atoms with Crippen LogP contribution in [-0.4, -0.2) is 13.0 Å². The molecule has 9 heavy (non-hydrogen) atoms. The number of likely N-dealkylation sites (N-methyl/N-ethyl adjacent to an activating group) is 1. The number of carbonyl (C=O) groups excluding carboxylic acids is 1. The molecule has 0 atom stereocenters. The highest BCUT2D eigenvalue weighted by atomic mass is 79.9. The smallest absolute Gasteiger partial charge is 0.257 e. The summed E-state index contributed by atoms with van der Waals surface area (Å²) >= 11 is 3.11. The van der Waals surface area contributed by atoms with E-state index in [2.05, 4.69) is 21.2 Å². The SMILES string of the molecule is CC/C=C(/Br)C(=O)NC. The van der Waals surface area contributed by atoms with Crippen LogP contribution in [-0.2, 0) is 4.79 Å². The van der Waals surface area contributed by atoms with Gasteiger partial charge in [0.1, 0.15) is 0 Å². The molecule has 0 aromatic rings. The van der Waals surface area contributed by atoms with Crippen LogP contribution in [0.25, 0.3) is 0 Å². The van der Waals surface area contributed by atoms with Crippen molar-refractivity contribution in [1.82, 2.24) is 5.32 Å². The molecule has 1 amide bonds. The summed E-state index contributed by atoms with van der Waals surface area (Å²) in [5.74, 6) is -0.0724. The van der Waals surface area contributed by atoms with Crippen molar-refractivity contribution < 1.29 is 4.79 Å². The minimum absolute atomic E-state index is 0.0724. The summed E-state index contributed by atoms with van der Waals surface area (Å²) in [5, 5.41) is 2.50. The van der Waals surface area contributed by atoms with E-state index < -0.39 is 0 Å². The maximum Gasteiger partial charge on any atom is 0.257 e. The van der Waals surface area contributed by atoms with Crippen LogP contribution in [0.2, 0.25) is 0 Å². The molecule has 1 N–H and O–H groups in total. The monoisotopic (exact) mass is 191 g/mol. The quantitative estimate of drug-likeness (QED) is 0.658. The number of allylic oxidation sites excluding steroid dienone is 1. The summed E-state index contributed by atoms with van der Waals surface area (Å²) in [6, 6.07) is 0. The molecule has 0 unspecified atom stereocenters. The van der Waals surface area contributed by atoms with Gasteiger partial charge in [-0.1, -0.05) is 13.0 Å². The molecule has 0 bridgehead atoms. The fourth-order valence-electron chi connectivity index (χ4n) is 0.391. The zero-order valence-electron chi connectivity index (χ0n) is 5.57. The summed E-state index contributed by atoms with van der Waals surface area (Å²) in [7, 11) is 1.60. The molecule has 0 saturated heterocycles. The Hall–Kier alpha value is -0.310. The standard InChI is InChI=1S/C6H10BrNO/c1-3-4-5(7)6(9)8-2/h4H,3H2,1-2H3,(H,8,9)/b5-4+. The minimum atomic E-state index is -0.0724. The Morgan fingerprint density at radius 3 is 2.67 bits per heavy atom. The zero-order valence-corrected chi connectivity index (χ0v) is 7.16. The van der Waals surface area contributed by atoms with Crippen molar-refractivity contribution >= 4 is 21.8 Å². The van der Waals surface area contributed by atoms with E-state index in [1.54, 1.807) is 7.05 Å². The first-order valence-electron chi connectivity index (χ1n) is 2.80. The molecule has 0 radical (unpaired) electrons. The van der Waals surface area contributed by atoms with Crippen LogP contribution in [0.4, 0.5) is 0 Å². The Morgan fingerprint density at radius 1 is 1.78 bits per heavy atom. The fraction of sp³-hybridized carbons (Fsp3) is 0.500. The van der Waals surface area contributed by atoms with Gasteiger partial charge in [0.15, 0.2) is 0 Å². The van der Waals surface area contributed by atoms with Crippen molar-refractivity contribution in [1.29, 1.82) is 0 Å². The molecule has 52 valence electrons. The maximum absolute atomic E-state index is 10.7. The van der Waals surface area contributed by atoms with Crippen molar-refractivity contribution in [3.8, 4) is 0 Å². The molecule has 0 rings (SSSR count). The van der Waals surface area contributed by atoms with Crippen molar-refractivity contribution in [2.24, 2.45) is 0 Å². The minimum Gasteiger partial charge on any atom is -0.355 e. The van der Waals surface area contributed by atoms with Gasteiger partial charge in [-0.15, -0.1) is 0 Å². The van der Waals surface area contributed by atoms with Gasteiger partial charge in [0.05, 0.1) is 4.48 Å². The zero-order chi connectivity index (χ0) is 7.28. The van der Waals surface area contributed by atoms with E-state index in [-0.39, 0.29) is 5.91 Å². The van der Waals surface area contributed by atoms with Crippen LogP contribution >= 0.6 is 15.9 Å². The second-order valence-electron chi connectivity index (χ2n) is 1.54. The van der Waals surface area contributed by atoms with E-state index in [1.165, 1.54) is 0 Å². The number of rotatable bonds is 2. The predicted octanol–water partition coefficient (Wildman–Crippen LogP) is 1.42. The third kappa shape index (κ3) is 3.30. The lowest BCUT2D eigenvalue weighted by Gasteiger charge is -1.93. The third-order valence-corrected chi connectivity index (χ3v) is 1.51. The van der Waals surface area contributed by atoms with Gasteiger partial charge in [-0.05, 0) is 22.4 Å².